The van der Waals surface area contributed by atoms with Crippen LogP contribution in [0.4, 0.5) is 0 Å². The van der Waals surface area contributed by atoms with E-state index in [9.17, 15) is 19.5 Å². The molecule has 0 radical (unpaired) electrons. The number of carbonyl (C=O) groups excluding carboxylic acids is 1. The van der Waals surface area contributed by atoms with Crippen LogP contribution in [0.15, 0.2) is 58.1 Å². The number of unbranched alkanes of at least 4 members (excludes halogenated alkanes) is 2. The number of aromatic hydroxyl groups is 1. The van der Waals surface area contributed by atoms with Gasteiger partial charge in [-0.3, -0.25) is 19.8 Å². The second kappa shape index (κ2) is 9.28. The summed E-state index contributed by atoms with van der Waals surface area (Å²) in [6.07, 6.45) is 3.22. The molecule has 1 amide bonds. The van der Waals surface area contributed by atoms with Gasteiger partial charge >= 0.3 is 0 Å². The molecular formula is C25H26N4O4. The molecule has 4 aromatic rings. The maximum Gasteiger partial charge on any atom is 0.280 e. The Morgan fingerprint density at radius 1 is 0.970 bits per heavy atom. The van der Waals surface area contributed by atoms with Gasteiger partial charge in [-0.05, 0) is 37.6 Å². The van der Waals surface area contributed by atoms with Crippen LogP contribution in [-0.4, -0.2) is 25.2 Å². The Morgan fingerprint density at radius 2 is 1.67 bits per heavy atom. The summed E-state index contributed by atoms with van der Waals surface area (Å²) in [6.45, 7) is 4.18. The number of hydrogen-bond donors (Lipinski definition) is 2. The molecule has 0 saturated heterocycles. The zero-order valence-electron chi connectivity index (χ0n) is 18.7. The first-order valence-electron chi connectivity index (χ1n) is 11.1. The van der Waals surface area contributed by atoms with Gasteiger partial charge in [0.25, 0.3) is 17.0 Å². The number of aromatic nitrogens is 3. The smallest absolute Gasteiger partial charge is 0.280 e. The summed E-state index contributed by atoms with van der Waals surface area (Å²) in [5.74, 6) is -0.870. The molecule has 2 aromatic heterocycles. The lowest BCUT2D eigenvalue weighted by molar-refractivity contribution is 0.100. The standard InChI is InChI=1S/C25H26N4O4/c1-3-5-6-15-20-26-18-13-9-7-11-16(18)24(32)29(20)27-23(31)21-22(30)17-12-8-10-14-19(17)28(4-2)25(21)33/h7-14,30H,3-6,15H2,1-2H3,(H,27,31). The van der Waals surface area contributed by atoms with E-state index in [0.717, 1.165) is 23.9 Å². The van der Waals surface area contributed by atoms with Crippen LogP contribution in [0.3, 0.4) is 0 Å². The molecule has 2 N–H and O–H groups in total. The minimum atomic E-state index is -0.860. The van der Waals surface area contributed by atoms with Crippen molar-refractivity contribution < 1.29 is 9.90 Å². The summed E-state index contributed by atoms with van der Waals surface area (Å²) < 4.78 is 2.53. The van der Waals surface area contributed by atoms with Crippen molar-refractivity contribution in [2.24, 2.45) is 0 Å². The number of amides is 1. The van der Waals surface area contributed by atoms with Crippen LogP contribution in [0.25, 0.3) is 21.8 Å². The van der Waals surface area contributed by atoms with E-state index in [2.05, 4.69) is 17.3 Å². The Labute approximate surface area is 190 Å². The number of aryl methyl sites for hydroxylation is 2. The van der Waals surface area contributed by atoms with Crippen LogP contribution >= 0.6 is 0 Å². The molecule has 0 aliphatic heterocycles. The van der Waals surface area contributed by atoms with Gasteiger partial charge in [-0.15, -0.1) is 0 Å². The first-order chi connectivity index (χ1) is 16.0. The number of carbonyl (C=O) groups is 1. The molecule has 4 rings (SSSR count). The van der Waals surface area contributed by atoms with Crippen LogP contribution in [-0.2, 0) is 13.0 Å². The molecule has 33 heavy (non-hydrogen) atoms. The fourth-order valence-electron chi connectivity index (χ4n) is 4.06. The molecule has 0 unspecified atom stereocenters. The molecule has 8 heteroatoms. The van der Waals surface area contributed by atoms with Crippen molar-refractivity contribution in [1.29, 1.82) is 0 Å². The van der Waals surface area contributed by atoms with Crippen molar-refractivity contribution in [2.75, 3.05) is 5.43 Å². The van der Waals surface area contributed by atoms with Gasteiger partial charge in [0.2, 0.25) is 0 Å². The minimum absolute atomic E-state index is 0.319. The van der Waals surface area contributed by atoms with Crippen LogP contribution in [0.5, 0.6) is 5.75 Å². The fraction of sp³-hybridized carbons (Fsp3) is 0.280. The number of nitrogens with zero attached hydrogens (tertiary/aromatic N) is 3. The molecule has 0 aliphatic carbocycles. The molecule has 8 nitrogen and oxygen atoms in total. The summed E-state index contributed by atoms with van der Waals surface area (Å²) in [4.78, 5) is 44.2. The lowest BCUT2D eigenvalue weighted by Crippen LogP contribution is -2.39. The van der Waals surface area contributed by atoms with E-state index in [1.54, 1.807) is 55.5 Å². The predicted molar refractivity (Wildman–Crippen MR) is 128 cm³/mol. The predicted octanol–water partition coefficient (Wildman–Crippen LogP) is 3.55. The van der Waals surface area contributed by atoms with Gasteiger partial charge in [0.1, 0.15) is 17.1 Å². The fourth-order valence-corrected chi connectivity index (χ4v) is 4.06. The van der Waals surface area contributed by atoms with Gasteiger partial charge in [0, 0.05) is 18.4 Å². The maximum absolute atomic E-state index is 13.3. The van der Waals surface area contributed by atoms with Crippen molar-refractivity contribution in [3.8, 4) is 5.75 Å². The van der Waals surface area contributed by atoms with Crippen LogP contribution in [0.2, 0.25) is 0 Å². The van der Waals surface area contributed by atoms with E-state index < -0.39 is 28.3 Å². The molecule has 0 bridgehead atoms. The molecule has 0 atom stereocenters. The van der Waals surface area contributed by atoms with Crippen molar-refractivity contribution in [3.63, 3.8) is 0 Å². The average molecular weight is 447 g/mol. The van der Waals surface area contributed by atoms with E-state index in [0.29, 0.717) is 40.6 Å². The SMILES string of the molecule is CCCCCc1nc2ccccc2c(=O)n1NC(=O)c1c(O)c2ccccc2n(CC)c1=O. The van der Waals surface area contributed by atoms with E-state index in [4.69, 9.17) is 0 Å². The average Bonchev–Trinajstić information content (AvgIpc) is 2.82. The molecule has 2 aromatic carbocycles. The molecule has 0 saturated carbocycles. The van der Waals surface area contributed by atoms with Crippen LogP contribution < -0.4 is 16.5 Å². The highest BCUT2D eigenvalue weighted by Gasteiger charge is 2.23. The van der Waals surface area contributed by atoms with Crippen molar-refractivity contribution >= 4 is 27.7 Å². The van der Waals surface area contributed by atoms with E-state index in [1.165, 1.54) is 4.57 Å². The molecular weight excluding hydrogens is 420 g/mol. The summed E-state index contributed by atoms with van der Waals surface area (Å²) in [5, 5.41) is 11.5. The lowest BCUT2D eigenvalue weighted by atomic mass is 10.1. The quantitative estimate of drug-likeness (QED) is 0.422. The lowest BCUT2D eigenvalue weighted by Gasteiger charge is -2.16. The number of pyridine rings is 1. The zero-order chi connectivity index (χ0) is 23.5. The highest BCUT2D eigenvalue weighted by molar-refractivity contribution is 6.06. The monoisotopic (exact) mass is 446 g/mol. The third kappa shape index (κ3) is 4.00. The van der Waals surface area contributed by atoms with Gasteiger partial charge in [-0.1, -0.05) is 44.0 Å². The topological polar surface area (TPSA) is 106 Å². The van der Waals surface area contributed by atoms with Gasteiger partial charge in [0.05, 0.1) is 16.4 Å². The second-order valence-electron chi connectivity index (χ2n) is 7.87. The summed E-state index contributed by atoms with van der Waals surface area (Å²) in [5.41, 5.74) is 2.15. The van der Waals surface area contributed by atoms with E-state index in [1.807, 2.05) is 0 Å². The van der Waals surface area contributed by atoms with Crippen molar-refractivity contribution in [2.45, 2.75) is 46.1 Å². The molecule has 2 heterocycles. The highest BCUT2D eigenvalue weighted by atomic mass is 16.3. The number of rotatable bonds is 7. The molecule has 0 fully saturated rings. The van der Waals surface area contributed by atoms with Crippen molar-refractivity contribution in [3.05, 3.63) is 80.6 Å². The minimum Gasteiger partial charge on any atom is -0.506 e. The van der Waals surface area contributed by atoms with Gasteiger partial charge in [-0.25, -0.2) is 9.66 Å². The van der Waals surface area contributed by atoms with Crippen LogP contribution in [0.1, 0.15) is 49.3 Å². The highest BCUT2D eigenvalue weighted by Crippen LogP contribution is 2.26. The van der Waals surface area contributed by atoms with E-state index >= 15 is 0 Å². The van der Waals surface area contributed by atoms with E-state index in [-0.39, 0.29) is 0 Å². The Kier molecular flexibility index (Phi) is 6.26. The maximum atomic E-state index is 13.3. The third-order valence-corrected chi connectivity index (χ3v) is 5.75. The Morgan fingerprint density at radius 3 is 2.39 bits per heavy atom. The Balaban J connectivity index is 1.85. The number of hydrogen-bond acceptors (Lipinski definition) is 5. The summed E-state index contributed by atoms with van der Waals surface area (Å²) in [7, 11) is 0. The second-order valence-corrected chi connectivity index (χ2v) is 7.87. The van der Waals surface area contributed by atoms with Crippen LogP contribution in [0, 0.1) is 0 Å². The first-order valence-corrected chi connectivity index (χ1v) is 11.1. The molecule has 170 valence electrons. The number of para-hydroxylation sites is 2. The molecule has 0 spiro atoms. The normalized spacial score (nSPS) is 11.2. The number of nitrogens with one attached hydrogen (secondary N) is 1. The summed E-state index contributed by atoms with van der Waals surface area (Å²) in [6, 6.07) is 13.8. The number of fused-ring (bicyclic) bond motifs is 2. The number of benzene rings is 2. The zero-order valence-corrected chi connectivity index (χ0v) is 18.7. The first kappa shape index (κ1) is 22.3. The summed E-state index contributed by atoms with van der Waals surface area (Å²) >= 11 is 0. The third-order valence-electron chi connectivity index (χ3n) is 5.75. The Bertz CT molecular complexity index is 1470. The molecule has 0 aliphatic rings. The van der Waals surface area contributed by atoms with Gasteiger partial charge in [0.15, 0.2) is 0 Å². The van der Waals surface area contributed by atoms with Gasteiger partial charge < -0.3 is 9.67 Å². The van der Waals surface area contributed by atoms with Gasteiger partial charge in [-0.2, -0.15) is 0 Å². The largest absolute Gasteiger partial charge is 0.506 e. The van der Waals surface area contributed by atoms with Crippen molar-refractivity contribution in [1.82, 2.24) is 14.2 Å². The Hall–Kier alpha value is -3.94.